The van der Waals surface area contributed by atoms with Gasteiger partial charge in [-0.2, -0.15) is 5.10 Å². The lowest BCUT2D eigenvalue weighted by molar-refractivity contribution is 0.190. The molecule has 3 rings (SSSR count). The van der Waals surface area contributed by atoms with Crippen LogP contribution in [0.2, 0.25) is 5.02 Å². The van der Waals surface area contributed by atoms with E-state index in [2.05, 4.69) is 15.7 Å². The van der Waals surface area contributed by atoms with Gasteiger partial charge in [0.15, 0.2) is 0 Å². The van der Waals surface area contributed by atoms with Crippen LogP contribution in [0.5, 0.6) is 0 Å². The number of carbonyl (C=O) groups excluding carboxylic acids is 2. The van der Waals surface area contributed by atoms with E-state index in [1.165, 1.54) is 16.8 Å². The summed E-state index contributed by atoms with van der Waals surface area (Å²) in [6.45, 7) is 2.04. The molecule has 1 aliphatic rings. The van der Waals surface area contributed by atoms with Gasteiger partial charge in [0.05, 0.1) is 18.4 Å². The summed E-state index contributed by atoms with van der Waals surface area (Å²) < 4.78 is 0. The zero-order valence-electron chi connectivity index (χ0n) is 15.8. The lowest BCUT2D eigenvalue weighted by Crippen LogP contribution is -2.34. The number of carbonyl (C=O) groups is 2. The van der Waals surface area contributed by atoms with Crippen LogP contribution in [0.4, 0.5) is 15.3 Å². The van der Waals surface area contributed by atoms with Crippen LogP contribution >= 0.6 is 23.4 Å². The molecule has 1 atom stereocenters. The molecule has 0 aliphatic carbocycles. The summed E-state index contributed by atoms with van der Waals surface area (Å²) in [6.07, 6.45) is -0.623. The molecular weight excluding hydrogens is 412 g/mol. The Morgan fingerprint density at radius 2 is 2.07 bits per heavy atom. The number of hydrogen-bond donors (Lipinski definition) is 3. The fraction of sp³-hybridized carbons (Fsp3) is 0.250. The van der Waals surface area contributed by atoms with Gasteiger partial charge in [-0.15, -0.1) is 0 Å². The molecule has 9 heteroatoms. The highest BCUT2D eigenvalue weighted by Crippen LogP contribution is 2.23. The summed E-state index contributed by atoms with van der Waals surface area (Å²) in [5, 5.41) is 21.0. The van der Waals surface area contributed by atoms with Gasteiger partial charge < -0.3 is 15.7 Å². The molecule has 2 aromatic rings. The number of rotatable bonds is 6. The average Bonchev–Trinajstić information content (AvgIpc) is 2.69. The zero-order valence-corrected chi connectivity index (χ0v) is 17.3. The molecule has 3 N–H and O–H groups in total. The first kappa shape index (κ1) is 21.2. The van der Waals surface area contributed by atoms with Crippen LogP contribution in [-0.2, 0) is 6.54 Å². The Morgan fingerprint density at radius 1 is 1.31 bits per heavy atom. The molecule has 0 aromatic heterocycles. The van der Waals surface area contributed by atoms with E-state index in [-0.39, 0.29) is 18.3 Å². The molecule has 0 radical (unpaired) electrons. The quantitative estimate of drug-likeness (QED) is 0.644. The summed E-state index contributed by atoms with van der Waals surface area (Å²) >= 11 is 7.14. The monoisotopic (exact) mass is 432 g/mol. The number of nitrogens with one attached hydrogen (secondary N) is 2. The van der Waals surface area contributed by atoms with E-state index in [4.69, 9.17) is 11.6 Å². The van der Waals surface area contributed by atoms with E-state index in [0.717, 1.165) is 16.8 Å². The van der Waals surface area contributed by atoms with E-state index in [1.807, 2.05) is 18.2 Å². The third kappa shape index (κ3) is 6.22. The van der Waals surface area contributed by atoms with E-state index in [9.17, 15) is 14.7 Å². The van der Waals surface area contributed by atoms with Crippen molar-refractivity contribution in [3.8, 4) is 0 Å². The number of thioether (sulfide) groups is 1. The molecule has 152 valence electrons. The van der Waals surface area contributed by atoms with Crippen LogP contribution < -0.4 is 10.6 Å². The number of urea groups is 1. The molecule has 1 aliphatic heterocycles. The Bertz CT molecular complexity index is 918. The number of aliphatic hydroxyl groups is 1. The second-order valence-corrected chi connectivity index (χ2v) is 7.91. The fourth-order valence-electron chi connectivity index (χ4n) is 2.64. The second kappa shape index (κ2) is 9.78. The van der Waals surface area contributed by atoms with E-state index >= 15 is 0 Å². The van der Waals surface area contributed by atoms with E-state index in [1.54, 1.807) is 37.3 Å². The summed E-state index contributed by atoms with van der Waals surface area (Å²) in [7, 11) is 0. The lowest BCUT2D eigenvalue weighted by Gasteiger charge is -2.23. The average molecular weight is 433 g/mol. The van der Waals surface area contributed by atoms with Gasteiger partial charge in [-0.3, -0.25) is 4.79 Å². The minimum absolute atomic E-state index is 0.129. The third-order valence-electron chi connectivity index (χ3n) is 4.04. The first-order chi connectivity index (χ1) is 13.9. The van der Waals surface area contributed by atoms with Gasteiger partial charge in [0.25, 0.3) is 0 Å². The number of aliphatic hydroxyl groups excluding tert-OH is 1. The Labute approximate surface area is 178 Å². The van der Waals surface area contributed by atoms with Gasteiger partial charge >= 0.3 is 11.3 Å². The van der Waals surface area contributed by atoms with Crippen LogP contribution in [0, 0.1) is 0 Å². The Kier molecular flexibility index (Phi) is 7.13. The van der Waals surface area contributed by atoms with E-state index < -0.39 is 12.1 Å². The normalized spacial score (nSPS) is 14.9. The molecule has 1 heterocycles. The molecule has 0 spiro atoms. The fourth-order valence-corrected chi connectivity index (χ4v) is 3.50. The minimum atomic E-state index is -0.623. The maximum atomic E-state index is 12.3. The molecule has 0 unspecified atom stereocenters. The molecular formula is C20H21ClN4O3S. The maximum Gasteiger partial charge on any atom is 0.319 e. The Hall–Kier alpha value is -2.55. The number of hydrazone groups is 1. The lowest BCUT2D eigenvalue weighted by atomic mass is 10.1. The topological polar surface area (TPSA) is 94.0 Å². The van der Waals surface area contributed by atoms with Gasteiger partial charge in [0.1, 0.15) is 0 Å². The molecule has 29 heavy (non-hydrogen) atoms. The zero-order chi connectivity index (χ0) is 20.8. The third-order valence-corrected chi connectivity index (χ3v) is 5.16. The predicted molar refractivity (Wildman–Crippen MR) is 117 cm³/mol. The highest BCUT2D eigenvalue weighted by atomic mass is 35.5. The van der Waals surface area contributed by atoms with Crippen molar-refractivity contribution < 1.29 is 14.7 Å². The molecule has 0 saturated heterocycles. The highest BCUT2D eigenvalue weighted by molar-refractivity contribution is 8.14. The molecule has 2 aromatic carbocycles. The van der Waals surface area contributed by atoms with Crippen molar-refractivity contribution in [2.75, 3.05) is 17.6 Å². The summed E-state index contributed by atoms with van der Waals surface area (Å²) in [5.74, 6) is 0.502. The molecule has 3 amide bonds. The van der Waals surface area contributed by atoms with Crippen LogP contribution in [0.15, 0.2) is 53.6 Å². The molecule has 0 saturated carbocycles. The number of halogens is 1. The van der Waals surface area contributed by atoms with Crippen LogP contribution in [0.3, 0.4) is 0 Å². The van der Waals surface area contributed by atoms with Crippen LogP contribution in [-0.4, -0.2) is 45.5 Å². The Balaban J connectivity index is 1.69. The first-order valence-electron chi connectivity index (χ1n) is 9.00. The van der Waals surface area contributed by atoms with Gasteiger partial charge in [-0.1, -0.05) is 47.6 Å². The number of hydrogen-bond acceptors (Lipinski definition) is 5. The SMILES string of the molecule is C[C@@H](O)CNC(=O)Nc1cccc(CN2N=C(c3ccc(Cl)cc3)CSC2=O)c1. The minimum Gasteiger partial charge on any atom is -0.392 e. The van der Waals surface area contributed by atoms with Crippen LogP contribution in [0.1, 0.15) is 18.1 Å². The van der Waals surface area contributed by atoms with Gasteiger partial charge in [0, 0.05) is 23.0 Å². The van der Waals surface area contributed by atoms with Crippen molar-refractivity contribution >= 4 is 46.0 Å². The second-order valence-electron chi connectivity index (χ2n) is 6.55. The van der Waals surface area contributed by atoms with Crippen molar-refractivity contribution in [1.29, 1.82) is 0 Å². The summed E-state index contributed by atoms with van der Waals surface area (Å²) in [5.41, 5.74) is 3.14. The molecule has 7 nitrogen and oxygen atoms in total. The van der Waals surface area contributed by atoms with Crippen molar-refractivity contribution in [3.05, 3.63) is 64.7 Å². The van der Waals surface area contributed by atoms with Crippen molar-refractivity contribution in [2.45, 2.75) is 19.6 Å². The molecule has 0 fully saturated rings. The molecule has 0 bridgehead atoms. The van der Waals surface area contributed by atoms with Crippen molar-refractivity contribution in [3.63, 3.8) is 0 Å². The predicted octanol–water partition coefficient (Wildman–Crippen LogP) is 3.92. The first-order valence-corrected chi connectivity index (χ1v) is 10.4. The van der Waals surface area contributed by atoms with Crippen molar-refractivity contribution in [2.24, 2.45) is 5.10 Å². The highest BCUT2D eigenvalue weighted by Gasteiger charge is 2.22. The maximum absolute atomic E-state index is 12.3. The Morgan fingerprint density at radius 3 is 2.79 bits per heavy atom. The number of anilines is 1. The van der Waals surface area contributed by atoms with Gasteiger partial charge in [-0.25, -0.2) is 9.80 Å². The van der Waals surface area contributed by atoms with Gasteiger partial charge in [0.2, 0.25) is 0 Å². The van der Waals surface area contributed by atoms with Crippen LogP contribution in [0.25, 0.3) is 0 Å². The summed E-state index contributed by atoms with van der Waals surface area (Å²) in [6, 6.07) is 14.1. The van der Waals surface area contributed by atoms with E-state index in [0.29, 0.717) is 16.5 Å². The number of nitrogens with zero attached hydrogens (tertiary/aromatic N) is 2. The standard InChI is InChI=1S/C20H21ClN4O3S/c1-13(26)10-22-19(27)23-17-4-2-3-14(9-17)11-25-20(28)29-12-18(24-25)15-5-7-16(21)8-6-15/h2-9,13,26H,10-12H2,1H3,(H2,22,23,27)/t13-/m1/s1. The smallest absolute Gasteiger partial charge is 0.319 e. The largest absolute Gasteiger partial charge is 0.392 e. The van der Waals surface area contributed by atoms with Gasteiger partial charge in [-0.05, 0) is 42.3 Å². The number of benzene rings is 2. The summed E-state index contributed by atoms with van der Waals surface area (Å²) in [4.78, 5) is 24.2. The van der Waals surface area contributed by atoms with Crippen molar-refractivity contribution in [1.82, 2.24) is 10.3 Å². The number of amides is 3.